The summed E-state index contributed by atoms with van der Waals surface area (Å²) in [4.78, 5) is 11.9. The normalized spacial score (nSPS) is 10.9. The Balaban J connectivity index is 2.61. The number of nitrogens with one attached hydrogen (secondary N) is 1. The highest BCUT2D eigenvalue weighted by molar-refractivity contribution is 5.78. The van der Waals surface area contributed by atoms with Gasteiger partial charge >= 0.3 is 0 Å². The highest BCUT2D eigenvalue weighted by Crippen LogP contribution is 2.13. The average Bonchev–Trinajstić information content (AvgIpc) is 2.56. The predicted molar refractivity (Wildman–Crippen MR) is 70.8 cm³/mol. The van der Waals surface area contributed by atoms with Crippen LogP contribution >= 0.6 is 0 Å². The Morgan fingerprint density at radius 3 is 2.35 bits per heavy atom. The van der Waals surface area contributed by atoms with Gasteiger partial charge in [0.15, 0.2) is 0 Å². The molecular weight excluding hydrogens is 212 g/mol. The van der Waals surface area contributed by atoms with E-state index in [1.165, 1.54) is 17.0 Å². The lowest BCUT2D eigenvalue weighted by atomic mass is 10.0. The van der Waals surface area contributed by atoms with Gasteiger partial charge in [0.1, 0.15) is 0 Å². The first kappa shape index (κ1) is 13.8. The van der Waals surface area contributed by atoms with E-state index in [2.05, 4.69) is 50.7 Å². The van der Waals surface area contributed by atoms with Crippen LogP contribution in [0.4, 0.5) is 0 Å². The van der Waals surface area contributed by atoms with Crippen molar-refractivity contribution in [2.45, 2.75) is 47.1 Å². The van der Waals surface area contributed by atoms with Gasteiger partial charge in [0, 0.05) is 30.9 Å². The molecule has 0 radical (unpaired) electrons. The van der Waals surface area contributed by atoms with Crippen molar-refractivity contribution < 1.29 is 4.79 Å². The van der Waals surface area contributed by atoms with Crippen molar-refractivity contribution in [3.05, 3.63) is 23.0 Å². The number of hydrogen-bond donors (Lipinski definition) is 1. The molecule has 1 rings (SSSR count). The van der Waals surface area contributed by atoms with Crippen LogP contribution in [-0.4, -0.2) is 10.5 Å². The number of carbonyl (C=O) groups excluding carboxylic acids is 1. The van der Waals surface area contributed by atoms with E-state index < -0.39 is 0 Å². The molecule has 1 heterocycles. The number of hydrogen-bond acceptors (Lipinski definition) is 1. The van der Waals surface area contributed by atoms with Crippen LogP contribution in [0, 0.1) is 19.8 Å². The van der Waals surface area contributed by atoms with Gasteiger partial charge in [-0.3, -0.25) is 4.79 Å². The minimum absolute atomic E-state index is 0.153. The van der Waals surface area contributed by atoms with E-state index in [-0.39, 0.29) is 11.8 Å². The summed E-state index contributed by atoms with van der Waals surface area (Å²) in [5.74, 6) is 0.330. The van der Waals surface area contributed by atoms with Gasteiger partial charge in [0.05, 0.1) is 0 Å². The van der Waals surface area contributed by atoms with Crippen LogP contribution in [0.15, 0.2) is 6.07 Å². The predicted octanol–water partition coefficient (Wildman–Crippen LogP) is 2.69. The molecule has 1 amide bonds. The molecule has 0 fully saturated rings. The molecule has 0 atom stereocenters. The third kappa shape index (κ3) is 3.11. The number of nitrogens with zero attached hydrogens (tertiary/aromatic N) is 1. The van der Waals surface area contributed by atoms with Crippen molar-refractivity contribution in [3.63, 3.8) is 0 Å². The van der Waals surface area contributed by atoms with Crippen LogP contribution < -0.4 is 5.32 Å². The zero-order valence-electron chi connectivity index (χ0n) is 11.6. The maximum Gasteiger partial charge on any atom is 0.223 e. The van der Waals surface area contributed by atoms with Crippen LogP contribution in [0.25, 0.3) is 0 Å². The maximum atomic E-state index is 11.9. The molecule has 1 aromatic rings. The number of carbonyl (C=O) groups is 1. The molecule has 0 spiro atoms. The quantitative estimate of drug-likeness (QED) is 0.838. The van der Waals surface area contributed by atoms with E-state index in [4.69, 9.17) is 0 Å². The van der Waals surface area contributed by atoms with E-state index in [9.17, 15) is 4.79 Å². The van der Waals surface area contributed by atoms with Gasteiger partial charge in [0.25, 0.3) is 0 Å². The first-order valence-electron chi connectivity index (χ1n) is 6.40. The Kier molecular flexibility index (Phi) is 4.79. The van der Waals surface area contributed by atoms with Gasteiger partial charge in [-0.1, -0.05) is 13.8 Å². The third-order valence-corrected chi connectivity index (χ3v) is 3.69. The monoisotopic (exact) mass is 236 g/mol. The Morgan fingerprint density at radius 2 is 1.94 bits per heavy atom. The van der Waals surface area contributed by atoms with E-state index in [1.54, 1.807) is 0 Å². The second-order valence-corrected chi connectivity index (χ2v) is 4.69. The number of aromatic nitrogens is 1. The molecule has 0 aromatic carbocycles. The molecule has 0 aliphatic carbocycles. The minimum atomic E-state index is 0.153. The molecule has 0 aliphatic heterocycles. The van der Waals surface area contributed by atoms with Gasteiger partial charge in [-0.25, -0.2) is 0 Å². The molecule has 0 aliphatic rings. The fourth-order valence-electron chi connectivity index (χ4n) is 2.10. The lowest BCUT2D eigenvalue weighted by Gasteiger charge is -2.12. The highest BCUT2D eigenvalue weighted by Gasteiger charge is 2.14. The van der Waals surface area contributed by atoms with Crippen LogP contribution in [0.2, 0.25) is 0 Å². The van der Waals surface area contributed by atoms with Crippen LogP contribution in [0.1, 0.15) is 43.6 Å². The molecule has 0 saturated heterocycles. The minimum Gasteiger partial charge on any atom is -0.352 e. The molecule has 1 aromatic heterocycles. The maximum absolute atomic E-state index is 11.9. The number of aryl methyl sites for hydroxylation is 1. The molecule has 0 unspecified atom stereocenters. The van der Waals surface area contributed by atoms with Gasteiger partial charge in [-0.15, -0.1) is 0 Å². The first-order valence-corrected chi connectivity index (χ1v) is 6.40. The summed E-state index contributed by atoms with van der Waals surface area (Å²) in [5, 5.41) is 3.03. The standard InChI is InChI=1S/C14H24N2O/c1-6-12(7-2)14(17)15-9-13-8-10(3)16(5)11(13)4/h8,12H,6-7,9H2,1-5H3,(H,15,17). The van der Waals surface area contributed by atoms with Crippen molar-refractivity contribution in [2.24, 2.45) is 13.0 Å². The summed E-state index contributed by atoms with van der Waals surface area (Å²) >= 11 is 0. The lowest BCUT2D eigenvalue weighted by Crippen LogP contribution is -2.29. The van der Waals surface area contributed by atoms with Crippen molar-refractivity contribution in [3.8, 4) is 0 Å². The number of amides is 1. The average molecular weight is 236 g/mol. The molecule has 17 heavy (non-hydrogen) atoms. The molecule has 0 saturated carbocycles. The summed E-state index contributed by atoms with van der Waals surface area (Å²) in [6, 6.07) is 2.14. The fourth-order valence-corrected chi connectivity index (χ4v) is 2.10. The first-order chi connectivity index (χ1) is 8.01. The van der Waals surface area contributed by atoms with Gasteiger partial charge in [-0.2, -0.15) is 0 Å². The molecule has 3 heteroatoms. The van der Waals surface area contributed by atoms with Crippen molar-refractivity contribution >= 4 is 5.91 Å². The fraction of sp³-hybridized carbons (Fsp3) is 0.643. The summed E-state index contributed by atoms with van der Waals surface area (Å²) in [6.07, 6.45) is 1.82. The van der Waals surface area contributed by atoms with Gasteiger partial charge in [-0.05, 0) is 38.3 Å². The van der Waals surface area contributed by atoms with E-state index in [0.717, 1.165) is 12.8 Å². The number of rotatable bonds is 5. The van der Waals surface area contributed by atoms with E-state index in [0.29, 0.717) is 6.54 Å². The smallest absolute Gasteiger partial charge is 0.223 e. The van der Waals surface area contributed by atoms with E-state index in [1.807, 2.05) is 0 Å². The van der Waals surface area contributed by atoms with Crippen LogP contribution in [0.3, 0.4) is 0 Å². The van der Waals surface area contributed by atoms with E-state index >= 15 is 0 Å². The third-order valence-electron chi connectivity index (χ3n) is 3.69. The molecule has 96 valence electrons. The lowest BCUT2D eigenvalue weighted by molar-refractivity contribution is -0.125. The second kappa shape index (κ2) is 5.89. The van der Waals surface area contributed by atoms with Gasteiger partial charge < -0.3 is 9.88 Å². The highest BCUT2D eigenvalue weighted by atomic mass is 16.1. The van der Waals surface area contributed by atoms with Gasteiger partial charge in [0.2, 0.25) is 5.91 Å². The zero-order chi connectivity index (χ0) is 13.0. The Bertz CT molecular complexity index is 389. The van der Waals surface area contributed by atoms with Crippen molar-refractivity contribution in [1.82, 2.24) is 9.88 Å². The summed E-state index contributed by atoms with van der Waals surface area (Å²) in [7, 11) is 2.05. The molecular formula is C14H24N2O. The molecule has 0 bridgehead atoms. The molecule has 1 N–H and O–H groups in total. The Morgan fingerprint density at radius 1 is 1.35 bits per heavy atom. The Labute approximate surface area is 104 Å². The molecule has 3 nitrogen and oxygen atoms in total. The largest absolute Gasteiger partial charge is 0.352 e. The SMILES string of the molecule is CCC(CC)C(=O)NCc1cc(C)n(C)c1C. The topological polar surface area (TPSA) is 34.0 Å². The Hall–Kier alpha value is -1.25. The van der Waals surface area contributed by atoms with Crippen LogP contribution in [0.5, 0.6) is 0 Å². The summed E-state index contributed by atoms with van der Waals surface area (Å²) in [6.45, 7) is 8.94. The summed E-state index contributed by atoms with van der Waals surface area (Å²) < 4.78 is 2.15. The van der Waals surface area contributed by atoms with Crippen molar-refractivity contribution in [1.29, 1.82) is 0 Å². The van der Waals surface area contributed by atoms with Crippen LogP contribution in [-0.2, 0) is 18.4 Å². The summed E-state index contributed by atoms with van der Waals surface area (Å²) in [5.41, 5.74) is 3.67. The zero-order valence-corrected chi connectivity index (χ0v) is 11.6. The van der Waals surface area contributed by atoms with Crippen molar-refractivity contribution in [2.75, 3.05) is 0 Å². The second-order valence-electron chi connectivity index (χ2n) is 4.69.